The number of nitrogens with one attached hydrogen (secondary N) is 1. The number of amides is 1. The van der Waals surface area contributed by atoms with E-state index in [4.69, 9.17) is 10.2 Å². The second kappa shape index (κ2) is 6.48. The molecule has 1 aromatic carbocycles. The molecule has 17 heavy (non-hydrogen) atoms. The number of thioether (sulfide) groups is 1. The first-order valence-corrected chi connectivity index (χ1v) is 6.23. The monoisotopic (exact) mass is 257 g/mol. The van der Waals surface area contributed by atoms with Gasteiger partial charge in [-0.05, 0) is 24.0 Å². The fraction of sp³-hybridized carbons (Fsp3) is 0.364. The van der Waals surface area contributed by atoms with Crippen LogP contribution in [0, 0.1) is 0 Å². The maximum atomic E-state index is 10.5. The summed E-state index contributed by atoms with van der Waals surface area (Å²) >= 11 is 1.57. The Morgan fingerprint density at radius 1 is 1.41 bits per heavy atom. The molecular formula is C11H15NO4S. The lowest BCUT2D eigenvalue weighted by atomic mass is 10.0. The Kier molecular flexibility index (Phi) is 5.27. The van der Waals surface area contributed by atoms with Crippen molar-refractivity contribution in [2.45, 2.75) is 17.0 Å². The van der Waals surface area contributed by atoms with Gasteiger partial charge in [0.1, 0.15) is 6.10 Å². The van der Waals surface area contributed by atoms with E-state index in [2.05, 4.69) is 5.32 Å². The van der Waals surface area contributed by atoms with Crippen molar-refractivity contribution < 1.29 is 20.1 Å². The summed E-state index contributed by atoms with van der Waals surface area (Å²) in [5, 5.41) is 29.5. The summed E-state index contributed by atoms with van der Waals surface area (Å²) in [4.78, 5) is 11.5. The van der Waals surface area contributed by atoms with Crippen LogP contribution in [0.2, 0.25) is 0 Å². The van der Waals surface area contributed by atoms with Gasteiger partial charge in [0.25, 0.3) is 0 Å². The van der Waals surface area contributed by atoms with Crippen molar-refractivity contribution in [3.8, 4) is 0 Å². The third-order valence-electron chi connectivity index (χ3n) is 2.34. The average Bonchev–Trinajstić information content (AvgIpc) is 2.35. The van der Waals surface area contributed by atoms with Gasteiger partial charge in [-0.1, -0.05) is 12.1 Å². The Hall–Kier alpha value is -1.24. The first-order valence-electron chi connectivity index (χ1n) is 5.00. The van der Waals surface area contributed by atoms with E-state index in [9.17, 15) is 9.90 Å². The van der Waals surface area contributed by atoms with Gasteiger partial charge in [0, 0.05) is 4.90 Å². The van der Waals surface area contributed by atoms with Crippen LogP contribution >= 0.6 is 11.8 Å². The maximum absolute atomic E-state index is 10.5. The van der Waals surface area contributed by atoms with Gasteiger partial charge >= 0.3 is 6.09 Å². The normalized spacial score (nSPS) is 14.1. The molecule has 0 bridgehead atoms. The second-order valence-corrected chi connectivity index (χ2v) is 4.34. The number of aliphatic hydroxyl groups is 2. The smallest absolute Gasteiger partial charge is 0.405 e. The fourth-order valence-corrected chi connectivity index (χ4v) is 1.82. The third-order valence-corrected chi connectivity index (χ3v) is 3.09. The predicted molar refractivity (Wildman–Crippen MR) is 65.2 cm³/mol. The highest BCUT2D eigenvalue weighted by molar-refractivity contribution is 7.98. The van der Waals surface area contributed by atoms with Crippen molar-refractivity contribution in [3.63, 3.8) is 0 Å². The predicted octanol–water partition coefficient (Wildman–Crippen LogP) is 1.07. The summed E-state index contributed by atoms with van der Waals surface area (Å²) in [5.74, 6) is 0. The molecule has 5 nitrogen and oxygen atoms in total. The van der Waals surface area contributed by atoms with Crippen LogP contribution in [0.5, 0.6) is 0 Å². The molecule has 0 aromatic heterocycles. The summed E-state index contributed by atoms with van der Waals surface area (Å²) in [7, 11) is 0. The van der Waals surface area contributed by atoms with E-state index < -0.39 is 24.8 Å². The Labute approximate surface area is 103 Å². The Bertz CT molecular complexity index is 368. The number of aliphatic hydroxyl groups excluding tert-OH is 2. The molecule has 0 radical (unpaired) electrons. The molecule has 1 amide bonds. The molecule has 4 N–H and O–H groups in total. The number of carbonyl (C=O) groups is 1. The van der Waals surface area contributed by atoms with Crippen molar-refractivity contribution in [1.82, 2.24) is 5.32 Å². The second-order valence-electron chi connectivity index (χ2n) is 3.46. The van der Waals surface area contributed by atoms with Gasteiger partial charge in [0.05, 0.1) is 12.6 Å². The molecule has 0 fully saturated rings. The zero-order valence-corrected chi connectivity index (χ0v) is 10.1. The summed E-state index contributed by atoms with van der Waals surface area (Å²) in [5.41, 5.74) is 0.565. The van der Waals surface area contributed by atoms with Crippen molar-refractivity contribution in [3.05, 3.63) is 29.8 Å². The molecule has 2 atom stereocenters. The van der Waals surface area contributed by atoms with Crippen LogP contribution in [-0.2, 0) is 0 Å². The quantitative estimate of drug-likeness (QED) is 0.592. The standard InChI is InChI=1S/C11H15NO4S/c1-17-8-4-2-7(3-5-8)10(14)9(6-13)12-11(15)16/h2-5,9-10,12-14H,6H2,1H3,(H,15,16)/t9-,10-/m1/s1. The molecular weight excluding hydrogens is 242 g/mol. The summed E-state index contributed by atoms with van der Waals surface area (Å²) in [6, 6.07) is 6.16. The first-order chi connectivity index (χ1) is 8.08. The number of rotatable bonds is 5. The molecule has 0 aliphatic carbocycles. The molecule has 0 aliphatic rings. The number of benzene rings is 1. The van der Waals surface area contributed by atoms with Gasteiger partial charge in [0.2, 0.25) is 0 Å². The molecule has 0 unspecified atom stereocenters. The minimum absolute atomic E-state index is 0.461. The zero-order chi connectivity index (χ0) is 12.8. The minimum Gasteiger partial charge on any atom is -0.465 e. The van der Waals surface area contributed by atoms with Crippen LogP contribution in [0.4, 0.5) is 4.79 Å². The van der Waals surface area contributed by atoms with E-state index in [1.165, 1.54) is 0 Å². The van der Waals surface area contributed by atoms with Crippen molar-refractivity contribution in [2.24, 2.45) is 0 Å². The van der Waals surface area contributed by atoms with Crippen molar-refractivity contribution in [2.75, 3.05) is 12.9 Å². The highest BCUT2D eigenvalue weighted by Gasteiger charge is 2.21. The minimum atomic E-state index is -1.27. The molecule has 6 heteroatoms. The van der Waals surface area contributed by atoms with Crippen molar-refractivity contribution in [1.29, 1.82) is 0 Å². The summed E-state index contributed by atoms with van der Waals surface area (Å²) < 4.78 is 0. The molecule has 0 saturated carbocycles. The molecule has 0 heterocycles. The number of hydrogen-bond acceptors (Lipinski definition) is 4. The first kappa shape index (κ1) is 13.8. The van der Waals surface area contributed by atoms with E-state index in [0.717, 1.165) is 4.90 Å². The van der Waals surface area contributed by atoms with E-state index >= 15 is 0 Å². The van der Waals surface area contributed by atoms with E-state index in [-0.39, 0.29) is 0 Å². The largest absolute Gasteiger partial charge is 0.465 e. The lowest BCUT2D eigenvalue weighted by Crippen LogP contribution is -2.41. The van der Waals surface area contributed by atoms with Crippen LogP contribution in [0.15, 0.2) is 29.2 Å². The van der Waals surface area contributed by atoms with Crippen LogP contribution in [0.25, 0.3) is 0 Å². The molecule has 1 rings (SSSR count). The zero-order valence-electron chi connectivity index (χ0n) is 9.33. The third kappa shape index (κ3) is 3.92. The fourth-order valence-electron chi connectivity index (χ4n) is 1.42. The summed E-state index contributed by atoms with van der Waals surface area (Å²) in [6.45, 7) is -0.461. The molecule has 0 spiro atoms. The van der Waals surface area contributed by atoms with Gasteiger partial charge in [-0.15, -0.1) is 11.8 Å². The highest BCUT2D eigenvalue weighted by Crippen LogP contribution is 2.21. The van der Waals surface area contributed by atoms with Crippen LogP contribution in [-0.4, -0.2) is 40.3 Å². The maximum Gasteiger partial charge on any atom is 0.405 e. The van der Waals surface area contributed by atoms with Gasteiger partial charge < -0.3 is 20.6 Å². The van der Waals surface area contributed by atoms with E-state index in [0.29, 0.717) is 5.56 Å². The van der Waals surface area contributed by atoms with Gasteiger partial charge in [-0.2, -0.15) is 0 Å². The SMILES string of the molecule is CSc1ccc([C@@H](O)[C@@H](CO)NC(=O)O)cc1. The van der Waals surface area contributed by atoms with Gasteiger partial charge in [0.15, 0.2) is 0 Å². The molecule has 1 aromatic rings. The molecule has 0 aliphatic heterocycles. The van der Waals surface area contributed by atoms with Crippen LogP contribution in [0.3, 0.4) is 0 Å². The topological polar surface area (TPSA) is 89.8 Å². The van der Waals surface area contributed by atoms with Gasteiger partial charge in [-0.3, -0.25) is 0 Å². The number of hydrogen-bond donors (Lipinski definition) is 4. The Balaban J connectivity index is 2.78. The van der Waals surface area contributed by atoms with Crippen LogP contribution in [0.1, 0.15) is 11.7 Å². The van der Waals surface area contributed by atoms with E-state index in [1.54, 1.807) is 23.9 Å². The molecule has 94 valence electrons. The Morgan fingerprint density at radius 3 is 2.41 bits per heavy atom. The average molecular weight is 257 g/mol. The number of carboxylic acid groups (broad SMARTS) is 1. The lowest BCUT2D eigenvalue weighted by molar-refractivity contribution is 0.0868. The van der Waals surface area contributed by atoms with E-state index in [1.807, 2.05) is 18.4 Å². The highest BCUT2D eigenvalue weighted by atomic mass is 32.2. The van der Waals surface area contributed by atoms with Crippen molar-refractivity contribution >= 4 is 17.9 Å². The van der Waals surface area contributed by atoms with Crippen LogP contribution < -0.4 is 5.32 Å². The Morgan fingerprint density at radius 2 is 2.00 bits per heavy atom. The summed E-state index contributed by atoms with van der Waals surface area (Å²) in [6.07, 6.45) is -0.399. The van der Waals surface area contributed by atoms with Gasteiger partial charge in [-0.25, -0.2) is 4.79 Å². The molecule has 0 saturated heterocycles. The lowest BCUT2D eigenvalue weighted by Gasteiger charge is -2.21.